The summed E-state index contributed by atoms with van der Waals surface area (Å²) in [5.74, 6) is -2.07. The largest absolute Gasteiger partial charge is 0.481 e. The van der Waals surface area contributed by atoms with Crippen LogP contribution in [-0.2, 0) is 24.4 Å². The summed E-state index contributed by atoms with van der Waals surface area (Å²) in [6, 6.07) is 5.32. The van der Waals surface area contributed by atoms with Crippen LogP contribution in [0.2, 0.25) is 0 Å². The quantitative estimate of drug-likeness (QED) is 0.633. The number of amides is 2. The zero-order valence-corrected chi connectivity index (χ0v) is 16.0. The first-order valence-corrected chi connectivity index (χ1v) is 10.3. The average Bonchev–Trinajstić information content (AvgIpc) is 2.80. The number of carbonyl (C=O) groups excluding carboxylic acids is 2. The molecule has 0 radical (unpaired) electrons. The second-order valence-electron chi connectivity index (χ2n) is 6.91. The molecule has 9 heteroatoms. The van der Waals surface area contributed by atoms with Crippen LogP contribution in [0.1, 0.15) is 51.9 Å². The van der Waals surface area contributed by atoms with Gasteiger partial charge in [0.25, 0.3) is 10.0 Å². The lowest BCUT2D eigenvalue weighted by Gasteiger charge is -2.27. The molecule has 0 aromatic heterocycles. The maximum atomic E-state index is 12.4. The van der Waals surface area contributed by atoms with Gasteiger partial charge in [-0.05, 0) is 37.1 Å². The fraction of sp³-hybridized carbons (Fsp3) is 0.500. The van der Waals surface area contributed by atoms with Crippen LogP contribution in [0.3, 0.4) is 0 Å². The fourth-order valence-corrected chi connectivity index (χ4v) is 4.34. The molecule has 2 amide bonds. The lowest BCUT2D eigenvalue weighted by molar-refractivity contribution is -0.152. The first kappa shape index (κ1) is 20.9. The van der Waals surface area contributed by atoms with Gasteiger partial charge >= 0.3 is 5.97 Å². The third-order valence-electron chi connectivity index (χ3n) is 4.74. The van der Waals surface area contributed by atoms with Crippen LogP contribution in [0.5, 0.6) is 0 Å². The zero-order chi connectivity index (χ0) is 20.1. The van der Waals surface area contributed by atoms with Gasteiger partial charge in [-0.2, -0.15) is 0 Å². The third kappa shape index (κ3) is 5.53. The highest BCUT2D eigenvalue weighted by molar-refractivity contribution is 7.90. The summed E-state index contributed by atoms with van der Waals surface area (Å²) in [5.41, 5.74) is -0.689. The van der Waals surface area contributed by atoms with Crippen molar-refractivity contribution in [3.8, 4) is 0 Å². The van der Waals surface area contributed by atoms with Gasteiger partial charge in [-0.1, -0.05) is 25.7 Å². The second-order valence-corrected chi connectivity index (χ2v) is 8.59. The maximum Gasteiger partial charge on any atom is 0.310 e. The van der Waals surface area contributed by atoms with E-state index in [4.69, 9.17) is 0 Å². The Labute approximate surface area is 158 Å². The molecule has 1 aromatic carbocycles. The summed E-state index contributed by atoms with van der Waals surface area (Å²) in [4.78, 5) is 35.0. The molecule has 27 heavy (non-hydrogen) atoms. The van der Waals surface area contributed by atoms with Crippen molar-refractivity contribution in [3.63, 3.8) is 0 Å². The molecule has 0 heterocycles. The molecule has 0 atom stereocenters. The highest BCUT2D eigenvalue weighted by atomic mass is 32.2. The predicted octanol–water partition coefficient (Wildman–Crippen LogP) is 2.27. The standard InChI is InChI=1S/C18H24N2O6S/c1-13(21)20-27(25,26)15-8-6-14(7-9-15)19-16(22)12-18(17(23)24)10-4-2-3-5-11-18/h6-9H,2-5,10-12H2,1H3,(H,19,22)(H,20,21)(H,23,24). The molecule has 0 unspecified atom stereocenters. The molecule has 2 rings (SSSR count). The van der Waals surface area contributed by atoms with E-state index in [-0.39, 0.29) is 11.3 Å². The number of carboxylic acid groups (broad SMARTS) is 1. The molecular weight excluding hydrogens is 372 g/mol. The van der Waals surface area contributed by atoms with E-state index >= 15 is 0 Å². The Kier molecular flexibility index (Phi) is 6.59. The molecule has 0 bridgehead atoms. The number of nitrogens with one attached hydrogen (secondary N) is 2. The van der Waals surface area contributed by atoms with E-state index in [1.54, 1.807) is 0 Å². The number of rotatable bonds is 6. The normalized spacial score (nSPS) is 16.8. The van der Waals surface area contributed by atoms with Crippen molar-refractivity contribution < 1.29 is 27.9 Å². The van der Waals surface area contributed by atoms with Gasteiger partial charge in [0.15, 0.2) is 0 Å². The average molecular weight is 396 g/mol. The maximum absolute atomic E-state index is 12.4. The molecule has 1 aliphatic rings. The van der Waals surface area contributed by atoms with Gasteiger partial charge in [0.05, 0.1) is 10.3 Å². The van der Waals surface area contributed by atoms with Crippen LogP contribution in [0, 0.1) is 5.41 Å². The molecular formula is C18H24N2O6S. The summed E-state index contributed by atoms with van der Waals surface area (Å²) in [7, 11) is -3.94. The van der Waals surface area contributed by atoms with E-state index in [9.17, 15) is 27.9 Å². The van der Waals surface area contributed by atoms with E-state index in [0.717, 1.165) is 32.6 Å². The van der Waals surface area contributed by atoms with Gasteiger partial charge in [0, 0.05) is 19.0 Å². The smallest absolute Gasteiger partial charge is 0.310 e. The summed E-state index contributed by atoms with van der Waals surface area (Å²) in [6.45, 7) is 1.10. The number of benzene rings is 1. The van der Waals surface area contributed by atoms with Crippen molar-refractivity contribution in [2.24, 2.45) is 5.41 Å². The summed E-state index contributed by atoms with van der Waals surface area (Å²) < 4.78 is 25.7. The van der Waals surface area contributed by atoms with E-state index in [1.165, 1.54) is 24.3 Å². The first-order valence-electron chi connectivity index (χ1n) is 8.81. The fourth-order valence-electron chi connectivity index (χ4n) is 3.35. The first-order chi connectivity index (χ1) is 12.6. The van der Waals surface area contributed by atoms with Crippen LogP contribution in [0.15, 0.2) is 29.2 Å². The zero-order valence-electron chi connectivity index (χ0n) is 15.2. The lowest BCUT2D eigenvalue weighted by Crippen LogP contribution is -2.35. The number of hydrogen-bond acceptors (Lipinski definition) is 5. The highest BCUT2D eigenvalue weighted by Gasteiger charge is 2.40. The van der Waals surface area contributed by atoms with Gasteiger partial charge < -0.3 is 10.4 Å². The SMILES string of the molecule is CC(=O)NS(=O)(=O)c1ccc(NC(=O)CC2(C(=O)O)CCCCCC2)cc1. The van der Waals surface area contributed by atoms with Crippen LogP contribution < -0.4 is 10.0 Å². The van der Waals surface area contributed by atoms with E-state index in [2.05, 4.69) is 5.32 Å². The Morgan fingerprint density at radius 1 is 1.04 bits per heavy atom. The Bertz CT molecular complexity index is 809. The van der Waals surface area contributed by atoms with Crippen molar-refractivity contribution in [2.75, 3.05) is 5.32 Å². The monoisotopic (exact) mass is 396 g/mol. The van der Waals surface area contributed by atoms with Crippen molar-refractivity contribution in [1.82, 2.24) is 4.72 Å². The molecule has 8 nitrogen and oxygen atoms in total. The van der Waals surface area contributed by atoms with Crippen LogP contribution in [0.25, 0.3) is 0 Å². The molecule has 0 aliphatic heterocycles. The lowest BCUT2D eigenvalue weighted by atomic mass is 9.77. The molecule has 0 saturated heterocycles. The Morgan fingerprint density at radius 3 is 2.07 bits per heavy atom. The van der Waals surface area contributed by atoms with Crippen molar-refractivity contribution in [2.45, 2.75) is 56.8 Å². The summed E-state index contributed by atoms with van der Waals surface area (Å²) in [6.07, 6.45) is 4.36. The number of sulfonamides is 1. The van der Waals surface area contributed by atoms with E-state index in [0.29, 0.717) is 18.5 Å². The topological polar surface area (TPSA) is 130 Å². The number of aliphatic carboxylic acids is 1. The Hall–Kier alpha value is -2.42. The van der Waals surface area contributed by atoms with Gasteiger partial charge in [-0.3, -0.25) is 14.4 Å². The molecule has 148 valence electrons. The van der Waals surface area contributed by atoms with Crippen molar-refractivity contribution in [1.29, 1.82) is 0 Å². The number of hydrogen-bond donors (Lipinski definition) is 3. The van der Waals surface area contributed by atoms with Crippen LogP contribution in [0.4, 0.5) is 5.69 Å². The highest BCUT2D eigenvalue weighted by Crippen LogP contribution is 2.38. The third-order valence-corrected chi connectivity index (χ3v) is 6.19. The van der Waals surface area contributed by atoms with Gasteiger partial charge in [0.1, 0.15) is 0 Å². The van der Waals surface area contributed by atoms with Crippen LogP contribution >= 0.6 is 0 Å². The Balaban J connectivity index is 2.07. The molecule has 1 aromatic rings. The molecule has 0 spiro atoms. The summed E-state index contributed by atoms with van der Waals surface area (Å²) in [5, 5.41) is 12.3. The van der Waals surface area contributed by atoms with Gasteiger partial charge in [-0.15, -0.1) is 0 Å². The predicted molar refractivity (Wildman–Crippen MR) is 98.5 cm³/mol. The Morgan fingerprint density at radius 2 is 1.59 bits per heavy atom. The van der Waals surface area contributed by atoms with Crippen molar-refractivity contribution >= 4 is 33.5 Å². The summed E-state index contributed by atoms with van der Waals surface area (Å²) >= 11 is 0. The molecule has 1 fully saturated rings. The number of carbonyl (C=O) groups is 3. The van der Waals surface area contributed by atoms with Gasteiger partial charge in [-0.25, -0.2) is 13.1 Å². The molecule has 1 aliphatic carbocycles. The number of anilines is 1. The minimum absolute atomic E-state index is 0.110. The van der Waals surface area contributed by atoms with Crippen LogP contribution in [-0.4, -0.2) is 31.3 Å². The molecule has 3 N–H and O–H groups in total. The second kappa shape index (κ2) is 8.51. The minimum atomic E-state index is -3.94. The number of carboxylic acids is 1. The van der Waals surface area contributed by atoms with E-state index < -0.39 is 33.2 Å². The molecule has 1 saturated carbocycles. The van der Waals surface area contributed by atoms with Gasteiger partial charge in [0.2, 0.25) is 11.8 Å². The van der Waals surface area contributed by atoms with Crippen molar-refractivity contribution in [3.05, 3.63) is 24.3 Å². The minimum Gasteiger partial charge on any atom is -0.481 e. The van der Waals surface area contributed by atoms with E-state index in [1.807, 2.05) is 4.72 Å².